The van der Waals surface area contributed by atoms with Crippen molar-refractivity contribution < 1.29 is 38.1 Å². The van der Waals surface area contributed by atoms with Gasteiger partial charge in [-0.05, 0) is 29.8 Å². The number of ether oxygens (including phenoxy) is 2. The molecule has 5 rings (SSSR count). The van der Waals surface area contributed by atoms with Crippen molar-refractivity contribution in [2.75, 3.05) is 19.1 Å². The summed E-state index contributed by atoms with van der Waals surface area (Å²) in [5.74, 6) is -4.55. The molecule has 0 radical (unpaired) electrons. The molecule has 38 heavy (non-hydrogen) atoms. The Morgan fingerprint density at radius 1 is 1.03 bits per heavy atom. The number of carbonyl (C=O) groups excluding carboxylic acids is 2. The molecule has 2 N–H and O–H groups in total. The maximum absolute atomic E-state index is 13.8. The van der Waals surface area contributed by atoms with Gasteiger partial charge < -0.3 is 19.7 Å². The van der Waals surface area contributed by atoms with Gasteiger partial charge in [-0.1, -0.05) is 35.1 Å². The number of benzene rings is 3. The fourth-order valence-corrected chi connectivity index (χ4v) is 5.45. The fourth-order valence-electron chi connectivity index (χ4n) is 4.21. The Hall–Kier alpha value is -4.22. The first-order valence-corrected chi connectivity index (χ1v) is 12.1. The number of rotatable bonds is 5. The summed E-state index contributed by atoms with van der Waals surface area (Å²) in [6.07, 6.45) is 0. The Morgan fingerprint density at radius 3 is 2.34 bits per heavy atom. The number of methoxy groups -OCH3 is 2. The predicted molar refractivity (Wildman–Crippen MR) is 137 cm³/mol. The summed E-state index contributed by atoms with van der Waals surface area (Å²) in [6.45, 7) is 0. The van der Waals surface area contributed by atoms with E-state index < -0.39 is 35.1 Å². The summed E-state index contributed by atoms with van der Waals surface area (Å²) in [5.41, 5.74) is 0.142. The van der Waals surface area contributed by atoms with Crippen LogP contribution in [0.1, 0.15) is 17.2 Å². The number of amides is 1. The average molecular weight is 559 g/mol. The van der Waals surface area contributed by atoms with E-state index >= 15 is 0 Å². The van der Waals surface area contributed by atoms with Crippen LogP contribution >= 0.6 is 22.9 Å². The molecule has 2 heterocycles. The van der Waals surface area contributed by atoms with Gasteiger partial charge in [0.2, 0.25) is 0 Å². The maximum atomic E-state index is 13.8. The molecule has 1 aliphatic heterocycles. The third-order valence-electron chi connectivity index (χ3n) is 6.01. The molecule has 1 atom stereocenters. The summed E-state index contributed by atoms with van der Waals surface area (Å²) in [4.78, 5) is 32.0. The number of phenolic OH excluding ortho intramolecular Hbond substituents is 1. The first-order valence-electron chi connectivity index (χ1n) is 10.9. The molecule has 1 aromatic heterocycles. The van der Waals surface area contributed by atoms with Gasteiger partial charge in [-0.25, -0.2) is 13.8 Å². The summed E-state index contributed by atoms with van der Waals surface area (Å²) in [6, 6.07) is 9.01. The number of thiazole rings is 1. The molecule has 1 unspecified atom stereocenters. The van der Waals surface area contributed by atoms with Crippen LogP contribution in [0.15, 0.2) is 54.1 Å². The normalized spacial score (nSPS) is 16.9. The molecule has 1 aliphatic rings. The van der Waals surface area contributed by atoms with Crippen LogP contribution in [0.2, 0.25) is 5.02 Å². The molecule has 1 amide bonds. The number of anilines is 1. The van der Waals surface area contributed by atoms with Crippen molar-refractivity contribution in [3.05, 3.63) is 81.9 Å². The van der Waals surface area contributed by atoms with Gasteiger partial charge in [-0.3, -0.25) is 14.5 Å². The second kappa shape index (κ2) is 9.58. The molecule has 1 saturated heterocycles. The first kappa shape index (κ1) is 25.4. The highest BCUT2D eigenvalue weighted by molar-refractivity contribution is 7.22. The van der Waals surface area contributed by atoms with Crippen LogP contribution in [0, 0.1) is 11.6 Å². The standard InChI is InChI=1S/C26H17ClF2N2O6S/c1-36-18-10-19(37-2)14(27)7-13(18)23(33)21-22(11-3-5-12(32)6-4-11)31(25(35)24(21)34)26-30-17-8-15(28)16(29)9-20(17)38-26/h3-10,22,32-33H,1-2H3/b23-21+. The third-order valence-corrected chi connectivity index (χ3v) is 7.32. The van der Waals surface area contributed by atoms with Crippen molar-refractivity contribution in [2.45, 2.75) is 6.04 Å². The van der Waals surface area contributed by atoms with E-state index in [0.29, 0.717) is 5.56 Å². The van der Waals surface area contributed by atoms with E-state index in [0.717, 1.165) is 28.4 Å². The highest BCUT2D eigenvalue weighted by Gasteiger charge is 2.48. The zero-order chi connectivity index (χ0) is 27.3. The Labute approximate surface area is 222 Å². The van der Waals surface area contributed by atoms with Crippen molar-refractivity contribution in [3.63, 3.8) is 0 Å². The van der Waals surface area contributed by atoms with E-state index in [4.69, 9.17) is 21.1 Å². The number of aromatic nitrogens is 1. The van der Waals surface area contributed by atoms with E-state index in [9.17, 15) is 28.6 Å². The van der Waals surface area contributed by atoms with E-state index in [1.165, 1.54) is 50.6 Å². The second-order valence-electron chi connectivity index (χ2n) is 8.18. The minimum Gasteiger partial charge on any atom is -0.508 e. The maximum Gasteiger partial charge on any atom is 0.301 e. The van der Waals surface area contributed by atoms with E-state index in [1.807, 2.05) is 0 Å². The molecule has 0 saturated carbocycles. The lowest BCUT2D eigenvalue weighted by Crippen LogP contribution is -2.29. The molecular formula is C26H17ClF2N2O6S. The molecule has 194 valence electrons. The van der Waals surface area contributed by atoms with Crippen LogP contribution in [0.3, 0.4) is 0 Å². The number of ketones is 1. The Balaban J connectivity index is 1.76. The molecule has 0 spiro atoms. The van der Waals surface area contributed by atoms with Crippen molar-refractivity contribution in [1.29, 1.82) is 0 Å². The number of hydrogen-bond donors (Lipinski definition) is 2. The molecule has 8 nitrogen and oxygen atoms in total. The molecular weight excluding hydrogens is 542 g/mol. The fraction of sp³-hybridized carbons (Fsp3) is 0.115. The van der Waals surface area contributed by atoms with Crippen LogP contribution < -0.4 is 14.4 Å². The van der Waals surface area contributed by atoms with Crippen molar-refractivity contribution in [3.8, 4) is 17.2 Å². The van der Waals surface area contributed by atoms with Crippen LogP contribution in [-0.4, -0.2) is 41.1 Å². The Bertz CT molecular complexity index is 1610. The van der Waals surface area contributed by atoms with E-state index in [-0.39, 0.29) is 48.8 Å². The van der Waals surface area contributed by atoms with Crippen molar-refractivity contribution in [2.24, 2.45) is 0 Å². The predicted octanol–water partition coefficient (Wildman–Crippen LogP) is 5.58. The van der Waals surface area contributed by atoms with Gasteiger partial charge >= 0.3 is 5.91 Å². The van der Waals surface area contributed by atoms with Gasteiger partial charge in [0.25, 0.3) is 5.78 Å². The first-order chi connectivity index (χ1) is 18.1. The smallest absolute Gasteiger partial charge is 0.301 e. The minimum absolute atomic E-state index is 0.0218. The monoisotopic (exact) mass is 558 g/mol. The lowest BCUT2D eigenvalue weighted by atomic mass is 9.95. The Kier molecular flexibility index (Phi) is 6.41. The summed E-state index contributed by atoms with van der Waals surface area (Å²) in [5, 5.41) is 21.3. The van der Waals surface area contributed by atoms with Crippen molar-refractivity contribution in [1.82, 2.24) is 4.98 Å². The summed E-state index contributed by atoms with van der Waals surface area (Å²) < 4.78 is 38.5. The SMILES string of the molecule is COc1cc(OC)c(/C(O)=C2\C(=O)C(=O)N(c3nc4cc(F)c(F)cc4s3)C2c2ccc(O)cc2)cc1Cl. The molecule has 4 aromatic rings. The number of carbonyl (C=O) groups is 2. The van der Waals surface area contributed by atoms with Gasteiger partial charge in [0.15, 0.2) is 16.8 Å². The van der Waals surface area contributed by atoms with Gasteiger partial charge in [-0.15, -0.1) is 0 Å². The lowest BCUT2D eigenvalue weighted by molar-refractivity contribution is -0.132. The quantitative estimate of drug-likeness (QED) is 0.187. The zero-order valence-corrected chi connectivity index (χ0v) is 21.2. The molecule has 0 aliphatic carbocycles. The second-order valence-corrected chi connectivity index (χ2v) is 9.59. The average Bonchev–Trinajstić information content (AvgIpc) is 3.41. The number of Topliss-reactive ketones (excluding diaryl/α,β-unsaturated/α-hetero) is 1. The van der Waals surface area contributed by atoms with Crippen LogP contribution in [-0.2, 0) is 9.59 Å². The number of fused-ring (bicyclic) bond motifs is 1. The third kappa shape index (κ3) is 4.09. The number of aromatic hydroxyl groups is 1. The van der Waals surface area contributed by atoms with Crippen LogP contribution in [0.4, 0.5) is 13.9 Å². The number of phenols is 1. The molecule has 1 fully saturated rings. The molecule has 12 heteroatoms. The number of nitrogens with zero attached hydrogens (tertiary/aromatic N) is 2. The van der Waals surface area contributed by atoms with Gasteiger partial charge in [0.1, 0.15) is 23.0 Å². The summed E-state index contributed by atoms with van der Waals surface area (Å²) >= 11 is 7.13. The number of hydrogen-bond acceptors (Lipinski definition) is 8. The molecule has 0 bridgehead atoms. The largest absolute Gasteiger partial charge is 0.508 e. The van der Waals surface area contributed by atoms with Crippen LogP contribution in [0.25, 0.3) is 16.0 Å². The summed E-state index contributed by atoms with van der Waals surface area (Å²) in [7, 11) is 2.74. The van der Waals surface area contributed by atoms with Gasteiger partial charge in [-0.2, -0.15) is 0 Å². The highest BCUT2D eigenvalue weighted by Crippen LogP contribution is 2.46. The number of halogens is 3. The van der Waals surface area contributed by atoms with Crippen LogP contribution in [0.5, 0.6) is 17.2 Å². The van der Waals surface area contributed by atoms with Gasteiger partial charge in [0, 0.05) is 12.1 Å². The Morgan fingerprint density at radius 2 is 1.68 bits per heavy atom. The highest BCUT2D eigenvalue weighted by atomic mass is 35.5. The van der Waals surface area contributed by atoms with E-state index in [1.54, 1.807) is 0 Å². The lowest BCUT2D eigenvalue weighted by Gasteiger charge is -2.23. The zero-order valence-electron chi connectivity index (χ0n) is 19.7. The molecule has 3 aromatic carbocycles. The minimum atomic E-state index is -1.21. The van der Waals surface area contributed by atoms with Gasteiger partial charge in [0.05, 0.1) is 46.6 Å². The van der Waals surface area contributed by atoms with E-state index in [2.05, 4.69) is 4.98 Å². The number of aliphatic hydroxyl groups is 1. The number of aliphatic hydroxyl groups excluding tert-OH is 1. The van der Waals surface area contributed by atoms with Crippen molar-refractivity contribution >= 4 is 55.7 Å². The topological polar surface area (TPSA) is 109 Å².